The third kappa shape index (κ3) is 3.49. The molecule has 144 valence electrons. The Labute approximate surface area is 159 Å². The van der Waals surface area contributed by atoms with Gasteiger partial charge >= 0.3 is 6.18 Å². The molecule has 1 aliphatic heterocycles. The fourth-order valence-corrected chi connectivity index (χ4v) is 3.35. The quantitative estimate of drug-likeness (QED) is 0.675. The Morgan fingerprint density at radius 3 is 2.39 bits per heavy atom. The fraction of sp³-hybridized carbons (Fsp3) is 0.250. The Morgan fingerprint density at radius 1 is 0.929 bits per heavy atom. The van der Waals surface area contributed by atoms with Crippen LogP contribution in [-0.2, 0) is 6.18 Å². The minimum atomic E-state index is -4.51. The Balaban J connectivity index is 1.49. The number of fused-ring (bicyclic) bond motifs is 1. The highest BCUT2D eigenvalue weighted by atomic mass is 19.4. The fourth-order valence-electron chi connectivity index (χ4n) is 3.35. The van der Waals surface area contributed by atoms with Crippen molar-refractivity contribution >= 4 is 22.6 Å². The first-order valence-corrected chi connectivity index (χ1v) is 8.86. The van der Waals surface area contributed by atoms with Crippen LogP contribution in [-0.4, -0.2) is 47.0 Å². The van der Waals surface area contributed by atoms with E-state index in [0.717, 1.165) is 23.0 Å². The molecule has 1 fully saturated rings. The van der Waals surface area contributed by atoms with Crippen molar-refractivity contribution in [2.24, 2.45) is 0 Å². The van der Waals surface area contributed by atoms with E-state index in [0.29, 0.717) is 31.7 Å². The van der Waals surface area contributed by atoms with Crippen LogP contribution < -0.4 is 4.90 Å². The molecule has 28 heavy (non-hydrogen) atoms. The monoisotopic (exact) mass is 386 g/mol. The number of nitrogens with zero attached hydrogens (tertiary/aromatic N) is 4. The van der Waals surface area contributed by atoms with Gasteiger partial charge in [0.15, 0.2) is 0 Å². The van der Waals surface area contributed by atoms with Crippen molar-refractivity contribution in [3.63, 3.8) is 0 Å². The Morgan fingerprint density at radius 2 is 1.64 bits per heavy atom. The highest BCUT2D eigenvalue weighted by Crippen LogP contribution is 2.28. The molecule has 0 unspecified atom stereocenters. The van der Waals surface area contributed by atoms with Gasteiger partial charge in [-0.3, -0.25) is 4.79 Å². The SMILES string of the molecule is O=C(c1cccc2ccccc12)N1CCN(c2nccc(C(F)(F)F)n2)CC1. The molecular weight excluding hydrogens is 369 g/mol. The van der Waals surface area contributed by atoms with E-state index in [1.165, 1.54) is 0 Å². The van der Waals surface area contributed by atoms with Crippen LogP contribution in [0.3, 0.4) is 0 Å². The topological polar surface area (TPSA) is 49.3 Å². The van der Waals surface area contributed by atoms with E-state index in [9.17, 15) is 18.0 Å². The van der Waals surface area contributed by atoms with Crippen LogP contribution >= 0.6 is 0 Å². The second kappa shape index (κ2) is 7.10. The van der Waals surface area contributed by atoms with E-state index in [1.54, 1.807) is 15.9 Å². The first-order chi connectivity index (χ1) is 13.4. The second-order valence-corrected chi connectivity index (χ2v) is 6.55. The first kappa shape index (κ1) is 18.2. The zero-order valence-corrected chi connectivity index (χ0v) is 14.9. The summed E-state index contributed by atoms with van der Waals surface area (Å²) in [4.78, 5) is 23.9. The number of anilines is 1. The highest BCUT2D eigenvalue weighted by molar-refractivity contribution is 6.07. The van der Waals surface area contributed by atoms with Crippen LogP contribution in [0.5, 0.6) is 0 Å². The number of carbonyl (C=O) groups excluding carboxylic acids is 1. The van der Waals surface area contributed by atoms with Crippen molar-refractivity contribution in [1.82, 2.24) is 14.9 Å². The summed E-state index contributed by atoms with van der Waals surface area (Å²) in [7, 11) is 0. The van der Waals surface area contributed by atoms with Gasteiger partial charge in [-0.1, -0.05) is 36.4 Å². The van der Waals surface area contributed by atoms with Gasteiger partial charge in [0.1, 0.15) is 5.69 Å². The molecule has 1 aliphatic rings. The van der Waals surface area contributed by atoms with Crippen LogP contribution in [0.15, 0.2) is 54.7 Å². The summed E-state index contributed by atoms with van der Waals surface area (Å²) in [5.74, 6) is -0.0477. The molecule has 3 aromatic rings. The molecule has 0 aliphatic carbocycles. The minimum absolute atomic E-state index is 0.0343. The zero-order valence-electron chi connectivity index (χ0n) is 14.9. The van der Waals surface area contributed by atoms with Crippen molar-refractivity contribution in [2.45, 2.75) is 6.18 Å². The molecule has 0 atom stereocenters. The third-order valence-corrected chi connectivity index (χ3v) is 4.80. The van der Waals surface area contributed by atoms with E-state index in [-0.39, 0.29) is 11.9 Å². The standard InChI is InChI=1S/C20H17F3N4O/c21-20(22,23)17-8-9-24-19(25-17)27-12-10-26(11-13-27)18(28)16-7-3-5-14-4-1-2-6-15(14)16/h1-9H,10-13H2. The number of amides is 1. The summed E-state index contributed by atoms with van der Waals surface area (Å²) in [5.41, 5.74) is -0.339. The number of piperazine rings is 1. The molecule has 1 aromatic heterocycles. The Bertz CT molecular complexity index is 1010. The number of hydrogen-bond acceptors (Lipinski definition) is 4. The molecule has 0 bridgehead atoms. The molecule has 8 heteroatoms. The predicted molar refractivity (Wildman–Crippen MR) is 99.1 cm³/mol. The summed E-state index contributed by atoms with van der Waals surface area (Å²) in [6, 6.07) is 14.1. The number of rotatable bonds is 2. The van der Waals surface area contributed by atoms with Gasteiger partial charge in [-0.25, -0.2) is 9.97 Å². The van der Waals surface area contributed by atoms with E-state index in [4.69, 9.17) is 0 Å². The second-order valence-electron chi connectivity index (χ2n) is 6.55. The van der Waals surface area contributed by atoms with Gasteiger partial charge in [0.2, 0.25) is 5.95 Å². The lowest BCUT2D eigenvalue weighted by atomic mass is 10.0. The number of hydrogen-bond donors (Lipinski definition) is 0. The first-order valence-electron chi connectivity index (χ1n) is 8.86. The molecule has 2 aromatic carbocycles. The van der Waals surface area contributed by atoms with Crippen LogP contribution in [0.2, 0.25) is 0 Å². The number of benzene rings is 2. The molecule has 1 amide bonds. The molecule has 2 heterocycles. The van der Waals surface area contributed by atoms with Crippen molar-refractivity contribution in [1.29, 1.82) is 0 Å². The average molecular weight is 386 g/mol. The van der Waals surface area contributed by atoms with E-state index in [1.807, 2.05) is 36.4 Å². The van der Waals surface area contributed by atoms with Gasteiger partial charge in [-0.05, 0) is 22.9 Å². The van der Waals surface area contributed by atoms with Crippen LogP contribution in [0.1, 0.15) is 16.1 Å². The summed E-state index contributed by atoms with van der Waals surface area (Å²) in [6.07, 6.45) is -3.40. The van der Waals surface area contributed by atoms with Crippen molar-refractivity contribution in [2.75, 3.05) is 31.1 Å². The molecule has 4 rings (SSSR count). The van der Waals surface area contributed by atoms with Crippen LogP contribution in [0, 0.1) is 0 Å². The number of aromatic nitrogens is 2. The van der Waals surface area contributed by atoms with Gasteiger partial charge < -0.3 is 9.80 Å². The minimum Gasteiger partial charge on any atom is -0.337 e. The average Bonchev–Trinajstić information content (AvgIpc) is 2.72. The lowest BCUT2D eigenvalue weighted by Crippen LogP contribution is -2.49. The Kier molecular flexibility index (Phi) is 4.62. The highest BCUT2D eigenvalue weighted by Gasteiger charge is 2.33. The molecule has 0 radical (unpaired) electrons. The summed E-state index contributed by atoms with van der Waals surface area (Å²) >= 11 is 0. The lowest BCUT2D eigenvalue weighted by Gasteiger charge is -2.35. The van der Waals surface area contributed by atoms with Gasteiger partial charge in [0, 0.05) is 37.9 Å². The summed E-state index contributed by atoms with van der Waals surface area (Å²) in [5, 5.41) is 1.88. The molecule has 5 nitrogen and oxygen atoms in total. The maximum absolute atomic E-state index is 13.0. The number of halogens is 3. The van der Waals surface area contributed by atoms with Gasteiger partial charge in [-0.2, -0.15) is 13.2 Å². The number of carbonyl (C=O) groups is 1. The maximum atomic E-state index is 13.0. The molecule has 1 saturated heterocycles. The predicted octanol–water partition coefficient (Wildman–Crippen LogP) is 3.61. The maximum Gasteiger partial charge on any atom is 0.433 e. The largest absolute Gasteiger partial charge is 0.433 e. The van der Waals surface area contributed by atoms with Gasteiger partial charge in [0.25, 0.3) is 5.91 Å². The van der Waals surface area contributed by atoms with Crippen LogP contribution in [0.4, 0.5) is 19.1 Å². The molecule has 0 N–H and O–H groups in total. The van der Waals surface area contributed by atoms with Crippen LogP contribution in [0.25, 0.3) is 10.8 Å². The lowest BCUT2D eigenvalue weighted by molar-refractivity contribution is -0.141. The van der Waals surface area contributed by atoms with Crippen molar-refractivity contribution in [3.8, 4) is 0 Å². The van der Waals surface area contributed by atoms with Gasteiger partial charge in [-0.15, -0.1) is 0 Å². The third-order valence-electron chi connectivity index (χ3n) is 4.80. The summed E-state index contributed by atoms with van der Waals surface area (Å²) in [6.45, 7) is 1.53. The number of alkyl halides is 3. The Hall–Kier alpha value is -3.16. The smallest absolute Gasteiger partial charge is 0.337 e. The van der Waals surface area contributed by atoms with Crippen molar-refractivity contribution in [3.05, 3.63) is 66.0 Å². The molecular formula is C20H17F3N4O. The van der Waals surface area contributed by atoms with E-state index < -0.39 is 11.9 Å². The summed E-state index contributed by atoms with van der Waals surface area (Å²) < 4.78 is 38.6. The molecule has 0 saturated carbocycles. The molecule has 0 spiro atoms. The van der Waals surface area contributed by atoms with E-state index in [2.05, 4.69) is 9.97 Å². The van der Waals surface area contributed by atoms with E-state index >= 15 is 0 Å². The van der Waals surface area contributed by atoms with Gasteiger partial charge in [0.05, 0.1) is 0 Å². The zero-order chi connectivity index (χ0) is 19.7. The normalized spacial score (nSPS) is 15.1. The van der Waals surface area contributed by atoms with Crippen molar-refractivity contribution < 1.29 is 18.0 Å².